The minimum Gasteiger partial charge on any atom is -0.315 e. The summed E-state index contributed by atoms with van der Waals surface area (Å²) in [6.07, 6.45) is 0. The molecule has 0 saturated carbocycles. The van der Waals surface area contributed by atoms with Crippen molar-refractivity contribution in [1.82, 2.24) is 0 Å². The van der Waals surface area contributed by atoms with Gasteiger partial charge >= 0.3 is 0 Å². The fourth-order valence-electron chi connectivity index (χ4n) is 5.40. The topological polar surface area (TPSA) is 0 Å². The van der Waals surface area contributed by atoms with Crippen molar-refractivity contribution in [2.45, 2.75) is 69.4 Å². The largest absolute Gasteiger partial charge is 0.315 e. The molecule has 0 radical (unpaired) electrons. The van der Waals surface area contributed by atoms with Gasteiger partial charge in [0.2, 0.25) is 8.41 Å². The summed E-state index contributed by atoms with van der Waals surface area (Å²) < 4.78 is 15.6. The molecule has 0 heterocycles. The lowest BCUT2D eigenvalue weighted by Gasteiger charge is -2.61. The van der Waals surface area contributed by atoms with Gasteiger partial charge in [0.25, 0.3) is 0 Å². The van der Waals surface area contributed by atoms with E-state index in [1.165, 1.54) is 0 Å². The Morgan fingerprint density at radius 3 is 0.941 bits per heavy atom. The molecule has 0 unspecified atom stereocenters. The molecule has 0 aromatic carbocycles. The summed E-state index contributed by atoms with van der Waals surface area (Å²) in [6.45, 7) is 23.2. The minimum atomic E-state index is -2.67. The zero-order chi connectivity index (χ0) is 14.5. The predicted molar refractivity (Wildman–Crippen MR) is 99.5 cm³/mol. The summed E-state index contributed by atoms with van der Waals surface area (Å²) in [7, 11) is -5.75. The lowest BCUT2D eigenvalue weighted by atomic mass is 11.6. The van der Waals surface area contributed by atoms with Gasteiger partial charge < -0.3 is 4.11 Å². The number of rotatable bonds is 4. The van der Waals surface area contributed by atoms with Crippen molar-refractivity contribution in [2.75, 3.05) is 0 Å². The Bertz CT molecular complexity index is 216. The second-order valence-corrected chi connectivity index (χ2v) is 37.2. The molecule has 104 valence electrons. The van der Waals surface area contributed by atoms with E-state index < -0.39 is 30.1 Å². The minimum absolute atomic E-state index is 0.126. The van der Waals surface area contributed by atoms with Crippen molar-refractivity contribution >= 4 is 51.9 Å². The van der Waals surface area contributed by atoms with Crippen molar-refractivity contribution in [1.29, 1.82) is 0 Å². The van der Waals surface area contributed by atoms with Gasteiger partial charge in [-0.3, -0.25) is 0 Å². The first-order chi connectivity index (χ1) is 7.00. The monoisotopic (exact) mass is 420 g/mol. The molecule has 17 heavy (non-hydrogen) atoms. The Labute approximate surface area is 125 Å². The second-order valence-electron chi connectivity index (χ2n) is 8.19. The molecule has 0 fully saturated rings. The summed E-state index contributed by atoms with van der Waals surface area (Å²) >= 11 is 2.67. The molecule has 6 heteroatoms. The fourth-order valence-corrected chi connectivity index (χ4v) is 68.9. The first kappa shape index (κ1) is 18.5. The molecule has 0 aliphatic heterocycles. The van der Waals surface area contributed by atoms with E-state index in [0.29, 0.717) is 0 Å². The average Bonchev–Trinajstić information content (AvgIpc) is 1.67. The molecule has 0 atom stereocenters. The standard InChI is InChI=1S/C11H30FISi4/c1-14(2,3)11(15(4,5)6,16(7,8)12)17(9,10)13/h1-10H3. The van der Waals surface area contributed by atoms with Gasteiger partial charge in [-0.2, -0.15) is 0 Å². The van der Waals surface area contributed by atoms with Crippen LogP contribution in [0.25, 0.3) is 0 Å². The summed E-state index contributed by atoms with van der Waals surface area (Å²) in [5, 5.41) is 0. The van der Waals surface area contributed by atoms with E-state index in [2.05, 4.69) is 74.2 Å². The maximum Gasteiger partial charge on any atom is 0.240 e. The first-order valence-corrected chi connectivity index (χ1v) is 22.4. The van der Waals surface area contributed by atoms with Crippen molar-refractivity contribution in [3.8, 4) is 0 Å². The zero-order valence-electron chi connectivity index (χ0n) is 13.3. The summed E-state index contributed by atoms with van der Waals surface area (Å²) in [6, 6.07) is 0. The van der Waals surface area contributed by atoms with Gasteiger partial charge in [0.05, 0.1) is 0 Å². The molecule has 0 rings (SSSR count). The number of halogens is 2. The normalized spacial score (nSPS) is 16.2. The summed E-state index contributed by atoms with van der Waals surface area (Å²) in [5.74, 6) is 0. The molecule has 0 aromatic rings. The van der Waals surface area contributed by atoms with Gasteiger partial charge in [0, 0.05) is 16.1 Å². The quantitative estimate of drug-likeness (QED) is 0.305. The van der Waals surface area contributed by atoms with E-state index in [-0.39, 0.29) is 3.91 Å². The molecular formula is C11H30FISi4. The van der Waals surface area contributed by atoms with E-state index in [0.717, 1.165) is 0 Å². The number of hydrogen-bond donors (Lipinski definition) is 0. The first-order valence-electron chi connectivity index (χ1n) is 6.38. The highest BCUT2D eigenvalue weighted by molar-refractivity contribution is 14.1. The molecule has 0 spiro atoms. The van der Waals surface area contributed by atoms with Crippen molar-refractivity contribution in [3.05, 3.63) is 0 Å². The number of hydrogen-bond acceptors (Lipinski definition) is 0. The molecule has 0 saturated heterocycles. The van der Waals surface area contributed by atoms with E-state index in [1.807, 2.05) is 13.1 Å². The van der Waals surface area contributed by atoms with E-state index in [9.17, 15) is 0 Å². The van der Waals surface area contributed by atoms with Crippen LogP contribution in [0.1, 0.15) is 0 Å². The molecule has 0 bridgehead atoms. The van der Waals surface area contributed by atoms with Gasteiger partial charge in [-0.15, -0.1) is 21.8 Å². The zero-order valence-corrected chi connectivity index (χ0v) is 19.4. The van der Waals surface area contributed by atoms with Crippen LogP contribution in [-0.4, -0.2) is 30.1 Å². The van der Waals surface area contributed by atoms with Crippen LogP contribution in [0, 0.1) is 0 Å². The van der Waals surface area contributed by atoms with Gasteiger partial charge in [0.15, 0.2) is 0 Å². The molecule has 0 aliphatic rings. The third-order valence-corrected chi connectivity index (χ3v) is 43.6. The third kappa shape index (κ3) is 3.00. The van der Waals surface area contributed by atoms with Gasteiger partial charge in [-0.25, -0.2) is 0 Å². The van der Waals surface area contributed by atoms with Crippen molar-refractivity contribution in [2.24, 2.45) is 0 Å². The maximum atomic E-state index is 15.4. The van der Waals surface area contributed by atoms with Crippen LogP contribution < -0.4 is 0 Å². The summed E-state index contributed by atoms with van der Waals surface area (Å²) in [4.78, 5) is 0. The third-order valence-electron chi connectivity index (χ3n) is 4.03. The molecule has 0 amide bonds. The van der Waals surface area contributed by atoms with Crippen LogP contribution >= 0.6 is 21.8 Å². The molecule has 0 aromatic heterocycles. The Balaban J connectivity index is 6.37. The Hall–Kier alpha value is 1.53. The highest BCUT2D eigenvalue weighted by atomic mass is 127. The molecule has 0 nitrogen and oxygen atoms in total. The SMILES string of the molecule is C[Si](C)(C)C([Si](C)(C)C)([Si](C)(C)F)[Si](C)(C)I. The van der Waals surface area contributed by atoms with Crippen molar-refractivity contribution < 1.29 is 4.11 Å². The van der Waals surface area contributed by atoms with E-state index in [1.54, 1.807) is 0 Å². The molecular weight excluding hydrogens is 390 g/mol. The van der Waals surface area contributed by atoms with Crippen LogP contribution in [0.5, 0.6) is 0 Å². The van der Waals surface area contributed by atoms with Gasteiger partial charge in [0.1, 0.15) is 5.57 Å². The van der Waals surface area contributed by atoms with E-state index >= 15 is 4.11 Å². The fraction of sp³-hybridized carbons (Fsp3) is 1.00. The lowest BCUT2D eigenvalue weighted by molar-refractivity contribution is 0.777. The molecule has 0 N–H and O–H groups in total. The molecule has 0 aliphatic carbocycles. The van der Waals surface area contributed by atoms with E-state index in [4.69, 9.17) is 0 Å². The van der Waals surface area contributed by atoms with Crippen LogP contribution in [0.15, 0.2) is 0 Å². The van der Waals surface area contributed by atoms with Crippen molar-refractivity contribution in [3.63, 3.8) is 0 Å². The van der Waals surface area contributed by atoms with Crippen LogP contribution in [-0.2, 0) is 0 Å². The highest BCUT2D eigenvalue weighted by Crippen LogP contribution is 2.61. The van der Waals surface area contributed by atoms with Crippen LogP contribution in [0.4, 0.5) is 4.11 Å². The second kappa shape index (κ2) is 4.82. The highest BCUT2D eigenvalue weighted by Gasteiger charge is 2.69. The Morgan fingerprint density at radius 1 is 0.706 bits per heavy atom. The maximum absolute atomic E-state index is 15.4. The smallest absolute Gasteiger partial charge is 0.240 e. The Morgan fingerprint density at radius 2 is 0.941 bits per heavy atom. The average molecular weight is 421 g/mol. The van der Waals surface area contributed by atoms with Crippen LogP contribution in [0.3, 0.4) is 0 Å². The predicted octanol–water partition coefficient (Wildman–Crippen LogP) is 5.84. The Kier molecular flexibility index (Phi) is 5.25. The summed E-state index contributed by atoms with van der Waals surface area (Å²) in [5.41, 5.74) is -1.56. The lowest BCUT2D eigenvalue weighted by Crippen LogP contribution is -2.73. The van der Waals surface area contributed by atoms with Gasteiger partial charge in [-0.1, -0.05) is 52.4 Å². The van der Waals surface area contributed by atoms with Gasteiger partial charge in [-0.05, 0) is 17.0 Å². The van der Waals surface area contributed by atoms with Crippen LogP contribution in [0.2, 0.25) is 69.4 Å².